The lowest BCUT2D eigenvalue weighted by Gasteiger charge is -2.51. The molecule has 3 fully saturated rings. The van der Waals surface area contributed by atoms with E-state index in [9.17, 15) is 22.8 Å². The Labute approximate surface area is 236 Å². The lowest BCUT2D eigenvalue weighted by atomic mass is 9.82. The van der Waals surface area contributed by atoms with E-state index in [4.69, 9.17) is 14.6 Å². The first-order chi connectivity index (χ1) is 19.6. The second-order valence-corrected chi connectivity index (χ2v) is 10.4. The van der Waals surface area contributed by atoms with Gasteiger partial charge in [-0.25, -0.2) is 4.79 Å². The van der Waals surface area contributed by atoms with E-state index in [0.717, 1.165) is 42.7 Å². The molecule has 0 aliphatic carbocycles. The average molecular weight is 569 g/mol. The summed E-state index contributed by atoms with van der Waals surface area (Å²) in [5.74, 6) is -2.74. The standard InChI is InChI=1S/C29H31N2O3.C2HF3O2/c32-26(22-10-4-1-5-11-22)20-31-18-16-23(17-19-31)27(21-31)34-29(33)28(24-12-6-2-7-13-24)30-25-14-8-3-9-15-25;3-2(4,5)1(6)7/h1-15,23,27-28,30H,16-21H2;(H,6,7)/q+1;/p-1/t23?,27-,28?,31?;/m0./s1. The van der Waals surface area contributed by atoms with Gasteiger partial charge in [0.2, 0.25) is 5.78 Å². The van der Waals surface area contributed by atoms with Crippen molar-refractivity contribution in [2.75, 3.05) is 31.5 Å². The molecule has 3 saturated heterocycles. The first-order valence-electron chi connectivity index (χ1n) is 13.3. The number of ketones is 1. The maximum Gasteiger partial charge on any atom is 0.430 e. The molecule has 3 aliphatic heterocycles. The number of nitrogens with zero attached hydrogens (tertiary/aromatic N) is 1. The number of Topliss-reactive ketones (excluding diaryl/α,β-unsaturated/α-hetero) is 1. The first kappa shape index (κ1) is 29.8. The van der Waals surface area contributed by atoms with Crippen LogP contribution in [0.25, 0.3) is 0 Å². The maximum atomic E-state index is 13.5. The molecule has 7 nitrogen and oxygen atoms in total. The van der Waals surface area contributed by atoms with Crippen LogP contribution in [0, 0.1) is 5.92 Å². The summed E-state index contributed by atoms with van der Waals surface area (Å²) in [6.45, 7) is 3.13. The molecule has 3 heterocycles. The maximum absolute atomic E-state index is 13.5. The number of ether oxygens (including phenoxy) is 1. The number of hydrogen-bond donors (Lipinski definition) is 1. The predicted molar refractivity (Wildman–Crippen MR) is 143 cm³/mol. The molecular formula is C31H31F3N2O5. The Kier molecular flexibility index (Phi) is 9.44. The Bertz CT molecular complexity index is 1310. The number of halogens is 3. The van der Waals surface area contributed by atoms with Gasteiger partial charge in [0.25, 0.3) is 0 Å². The number of nitrogens with one attached hydrogen (secondary N) is 1. The van der Waals surface area contributed by atoms with Crippen LogP contribution in [0.3, 0.4) is 0 Å². The smallest absolute Gasteiger partial charge is 0.430 e. The Morgan fingerprint density at radius 1 is 0.878 bits per heavy atom. The van der Waals surface area contributed by atoms with Crippen LogP contribution in [0.15, 0.2) is 91.0 Å². The number of carboxylic acids is 1. The number of para-hydroxylation sites is 1. The average Bonchev–Trinajstić information content (AvgIpc) is 2.97. The Hall–Kier alpha value is -4.18. The van der Waals surface area contributed by atoms with Gasteiger partial charge < -0.3 is 24.4 Å². The van der Waals surface area contributed by atoms with E-state index in [1.165, 1.54) is 0 Å². The summed E-state index contributed by atoms with van der Waals surface area (Å²) in [6, 6.07) is 28.4. The fraction of sp³-hybridized carbons (Fsp3) is 0.323. The van der Waals surface area contributed by atoms with Gasteiger partial charge in [0.15, 0.2) is 12.1 Å². The number of piperidine rings is 3. The highest BCUT2D eigenvalue weighted by Gasteiger charge is 2.49. The highest BCUT2D eigenvalue weighted by atomic mass is 19.4. The number of aliphatic carboxylic acids is 1. The second kappa shape index (κ2) is 13.0. The lowest BCUT2D eigenvalue weighted by Crippen LogP contribution is -2.65. The number of hydrogen-bond acceptors (Lipinski definition) is 6. The molecule has 0 aromatic heterocycles. The quantitative estimate of drug-likeness (QED) is 0.249. The molecule has 3 aliphatic rings. The van der Waals surface area contributed by atoms with E-state index >= 15 is 0 Å². The largest absolute Gasteiger partial charge is 0.542 e. The van der Waals surface area contributed by atoms with Crippen LogP contribution >= 0.6 is 0 Å². The van der Waals surface area contributed by atoms with Crippen molar-refractivity contribution in [3.8, 4) is 0 Å². The SMILES string of the molecule is O=C(C[N+]12CCC(CC1)[C@@H](OC(=O)C(Nc1ccccc1)c1ccccc1)C2)c1ccccc1.O=C([O-])C(F)(F)F. The number of carbonyl (C=O) groups is 3. The molecule has 1 unspecified atom stereocenters. The highest BCUT2D eigenvalue weighted by molar-refractivity contribution is 5.97. The van der Waals surface area contributed by atoms with Crippen LogP contribution in [-0.2, 0) is 14.3 Å². The van der Waals surface area contributed by atoms with E-state index in [1.807, 2.05) is 91.0 Å². The van der Waals surface area contributed by atoms with Crippen molar-refractivity contribution in [1.29, 1.82) is 0 Å². The van der Waals surface area contributed by atoms with Gasteiger partial charge >= 0.3 is 12.1 Å². The minimum atomic E-state index is -5.19. The fourth-order valence-electron chi connectivity index (χ4n) is 5.44. The first-order valence-corrected chi connectivity index (χ1v) is 13.3. The van der Waals surface area contributed by atoms with Crippen molar-refractivity contribution in [3.05, 3.63) is 102 Å². The third-order valence-corrected chi connectivity index (χ3v) is 7.57. The summed E-state index contributed by atoms with van der Waals surface area (Å²) in [4.78, 5) is 35.3. The van der Waals surface area contributed by atoms with Crippen molar-refractivity contribution < 1.29 is 41.9 Å². The molecule has 0 amide bonds. The van der Waals surface area contributed by atoms with Crippen molar-refractivity contribution in [3.63, 3.8) is 0 Å². The van der Waals surface area contributed by atoms with Gasteiger partial charge in [0.05, 0.1) is 13.1 Å². The Balaban J connectivity index is 0.000000493. The van der Waals surface area contributed by atoms with Gasteiger partial charge in [0.1, 0.15) is 19.1 Å². The van der Waals surface area contributed by atoms with Gasteiger partial charge in [-0.05, 0) is 17.7 Å². The zero-order valence-electron chi connectivity index (χ0n) is 22.3. The van der Waals surface area contributed by atoms with Crippen molar-refractivity contribution in [2.45, 2.75) is 31.2 Å². The number of anilines is 1. The van der Waals surface area contributed by atoms with Gasteiger partial charge in [-0.2, -0.15) is 13.2 Å². The molecule has 216 valence electrons. The molecule has 2 bridgehead atoms. The van der Waals surface area contributed by atoms with E-state index in [2.05, 4.69) is 5.32 Å². The summed E-state index contributed by atoms with van der Waals surface area (Å²) < 4.78 is 38.5. The third kappa shape index (κ3) is 7.94. The van der Waals surface area contributed by atoms with Gasteiger partial charge in [-0.15, -0.1) is 0 Å². The molecule has 3 aromatic rings. The third-order valence-electron chi connectivity index (χ3n) is 7.57. The summed E-state index contributed by atoms with van der Waals surface area (Å²) in [6.07, 6.45) is -3.38. The van der Waals surface area contributed by atoms with Gasteiger partial charge in [-0.1, -0.05) is 78.9 Å². The van der Waals surface area contributed by atoms with Gasteiger partial charge in [0, 0.05) is 30.0 Å². The zero-order valence-corrected chi connectivity index (χ0v) is 22.3. The summed E-state index contributed by atoms with van der Waals surface area (Å²) in [5, 5.41) is 12.1. The normalized spacial score (nSPS) is 22.0. The minimum Gasteiger partial charge on any atom is -0.542 e. The number of benzene rings is 3. The van der Waals surface area contributed by atoms with Crippen LogP contribution in [-0.4, -0.2) is 60.7 Å². The fourth-order valence-corrected chi connectivity index (χ4v) is 5.44. The van der Waals surface area contributed by atoms with Gasteiger partial charge in [-0.3, -0.25) is 4.79 Å². The number of alkyl halides is 3. The van der Waals surface area contributed by atoms with Crippen LogP contribution in [0.5, 0.6) is 0 Å². The Morgan fingerprint density at radius 3 is 1.93 bits per heavy atom. The van der Waals surface area contributed by atoms with E-state index < -0.39 is 18.2 Å². The number of rotatable bonds is 8. The van der Waals surface area contributed by atoms with Crippen molar-refractivity contribution >= 4 is 23.4 Å². The molecule has 41 heavy (non-hydrogen) atoms. The molecule has 10 heteroatoms. The summed E-state index contributed by atoms with van der Waals surface area (Å²) >= 11 is 0. The lowest BCUT2D eigenvalue weighted by molar-refractivity contribution is -0.938. The van der Waals surface area contributed by atoms with Crippen LogP contribution in [0.1, 0.15) is 34.8 Å². The second-order valence-electron chi connectivity index (χ2n) is 10.4. The van der Waals surface area contributed by atoms with E-state index in [-0.39, 0.29) is 17.9 Å². The predicted octanol–water partition coefficient (Wildman–Crippen LogP) is 4.17. The number of fused-ring (bicyclic) bond motifs is 3. The molecular weight excluding hydrogens is 537 g/mol. The highest BCUT2D eigenvalue weighted by Crippen LogP contribution is 2.36. The van der Waals surface area contributed by atoms with Crippen molar-refractivity contribution in [1.82, 2.24) is 0 Å². The molecule has 6 rings (SSSR count). The molecule has 0 spiro atoms. The number of carbonyl (C=O) groups excluding carboxylic acids is 3. The van der Waals surface area contributed by atoms with Crippen LogP contribution in [0.4, 0.5) is 18.9 Å². The monoisotopic (exact) mass is 568 g/mol. The summed E-state index contributed by atoms with van der Waals surface area (Å²) in [7, 11) is 0. The van der Waals surface area contributed by atoms with Crippen LogP contribution < -0.4 is 10.4 Å². The summed E-state index contributed by atoms with van der Waals surface area (Å²) in [5.41, 5.74) is 2.51. The minimum absolute atomic E-state index is 0.164. The molecule has 1 N–H and O–H groups in total. The molecule has 0 radical (unpaired) electrons. The zero-order chi connectivity index (χ0) is 29.5. The van der Waals surface area contributed by atoms with E-state index in [1.54, 1.807) is 0 Å². The van der Waals surface area contributed by atoms with E-state index in [0.29, 0.717) is 23.5 Å². The van der Waals surface area contributed by atoms with Crippen LogP contribution in [0.2, 0.25) is 0 Å². The molecule has 2 atom stereocenters. The number of carboxylic acid groups (broad SMARTS) is 1. The molecule has 0 saturated carbocycles. The number of quaternary nitrogens is 1. The molecule has 3 aromatic carbocycles. The topological polar surface area (TPSA) is 95.5 Å². The van der Waals surface area contributed by atoms with Crippen molar-refractivity contribution in [2.24, 2.45) is 5.92 Å². The number of esters is 1. The Morgan fingerprint density at radius 2 is 1.39 bits per heavy atom.